The van der Waals surface area contributed by atoms with E-state index in [0.29, 0.717) is 10.9 Å². The first-order valence-corrected chi connectivity index (χ1v) is 6.82. The van der Waals surface area contributed by atoms with Crippen molar-refractivity contribution in [3.63, 3.8) is 0 Å². The highest BCUT2D eigenvalue weighted by molar-refractivity contribution is 7.15. The predicted octanol–water partition coefficient (Wildman–Crippen LogP) is 4.30. The van der Waals surface area contributed by atoms with Gasteiger partial charge < -0.3 is 5.32 Å². The van der Waals surface area contributed by atoms with Gasteiger partial charge in [-0.15, -0.1) is 11.3 Å². The maximum atomic E-state index is 6.13. The molecular formula is C12H12Cl2N2S. The summed E-state index contributed by atoms with van der Waals surface area (Å²) in [4.78, 5) is 4.19. The topological polar surface area (TPSA) is 24.9 Å². The second kappa shape index (κ2) is 5.83. The largest absolute Gasteiger partial charge is 0.304 e. The SMILES string of the molecule is C[C@@H](NCc1ncc(Cl)s1)c1ccccc1Cl. The average Bonchev–Trinajstić information content (AvgIpc) is 2.73. The Bertz CT molecular complexity index is 499. The van der Waals surface area contributed by atoms with Crippen molar-refractivity contribution in [3.8, 4) is 0 Å². The number of aromatic nitrogens is 1. The Morgan fingerprint density at radius 2 is 2.12 bits per heavy atom. The molecule has 0 aliphatic carbocycles. The minimum atomic E-state index is 0.186. The minimum Gasteiger partial charge on any atom is -0.304 e. The third kappa shape index (κ3) is 3.42. The predicted molar refractivity (Wildman–Crippen MR) is 73.8 cm³/mol. The summed E-state index contributed by atoms with van der Waals surface area (Å²) < 4.78 is 0.715. The quantitative estimate of drug-likeness (QED) is 0.906. The van der Waals surface area contributed by atoms with Gasteiger partial charge in [-0.3, -0.25) is 0 Å². The van der Waals surface area contributed by atoms with Crippen molar-refractivity contribution >= 4 is 34.5 Å². The first-order valence-electron chi connectivity index (χ1n) is 5.25. The van der Waals surface area contributed by atoms with Gasteiger partial charge in [-0.05, 0) is 18.6 Å². The highest BCUT2D eigenvalue weighted by Crippen LogP contribution is 2.23. The van der Waals surface area contributed by atoms with E-state index in [2.05, 4.69) is 17.2 Å². The highest BCUT2D eigenvalue weighted by atomic mass is 35.5. The van der Waals surface area contributed by atoms with Crippen LogP contribution in [0.1, 0.15) is 23.5 Å². The van der Waals surface area contributed by atoms with Gasteiger partial charge in [-0.1, -0.05) is 41.4 Å². The molecule has 0 saturated carbocycles. The maximum Gasteiger partial charge on any atom is 0.113 e. The second-order valence-electron chi connectivity index (χ2n) is 3.68. The van der Waals surface area contributed by atoms with Crippen molar-refractivity contribution in [2.24, 2.45) is 0 Å². The Morgan fingerprint density at radius 3 is 2.76 bits per heavy atom. The zero-order valence-corrected chi connectivity index (χ0v) is 11.6. The smallest absolute Gasteiger partial charge is 0.113 e. The lowest BCUT2D eigenvalue weighted by atomic mass is 10.1. The number of hydrogen-bond acceptors (Lipinski definition) is 3. The summed E-state index contributed by atoms with van der Waals surface area (Å²) in [7, 11) is 0. The van der Waals surface area contributed by atoms with Crippen LogP contribution in [-0.4, -0.2) is 4.98 Å². The van der Waals surface area contributed by atoms with Gasteiger partial charge in [0.05, 0.1) is 6.20 Å². The molecule has 0 amide bonds. The average molecular weight is 287 g/mol. The molecule has 0 aliphatic rings. The summed E-state index contributed by atoms with van der Waals surface area (Å²) in [6.45, 7) is 2.78. The molecule has 5 heteroatoms. The van der Waals surface area contributed by atoms with E-state index in [1.165, 1.54) is 11.3 Å². The van der Waals surface area contributed by atoms with Crippen molar-refractivity contribution in [1.29, 1.82) is 0 Å². The summed E-state index contributed by atoms with van der Waals surface area (Å²) in [5.74, 6) is 0. The number of thiazole rings is 1. The van der Waals surface area contributed by atoms with Crippen molar-refractivity contribution in [1.82, 2.24) is 10.3 Å². The fourth-order valence-corrected chi connectivity index (χ4v) is 2.75. The van der Waals surface area contributed by atoms with Gasteiger partial charge in [0, 0.05) is 17.6 Å². The molecule has 2 aromatic rings. The molecule has 0 spiro atoms. The Balaban J connectivity index is 1.98. The maximum absolute atomic E-state index is 6.13. The summed E-state index contributed by atoms with van der Waals surface area (Å²) in [5, 5.41) is 5.14. The molecule has 17 heavy (non-hydrogen) atoms. The fraction of sp³-hybridized carbons (Fsp3) is 0.250. The molecule has 1 N–H and O–H groups in total. The first kappa shape index (κ1) is 12.8. The molecule has 0 bridgehead atoms. The molecule has 1 aromatic heterocycles. The fourth-order valence-electron chi connectivity index (χ4n) is 1.55. The van der Waals surface area contributed by atoms with Gasteiger partial charge in [0.25, 0.3) is 0 Å². The van der Waals surface area contributed by atoms with Crippen LogP contribution in [0, 0.1) is 0 Å². The highest BCUT2D eigenvalue weighted by Gasteiger charge is 2.09. The summed E-state index contributed by atoms with van der Waals surface area (Å²) in [5.41, 5.74) is 1.09. The number of rotatable bonds is 4. The van der Waals surface area contributed by atoms with Crippen LogP contribution in [-0.2, 0) is 6.54 Å². The zero-order valence-electron chi connectivity index (χ0n) is 9.28. The van der Waals surface area contributed by atoms with E-state index in [9.17, 15) is 0 Å². The standard InChI is InChI=1S/C12H12Cl2N2S/c1-8(9-4-2-3-5-10(9)13)15-7-12-16-6-11(14)17-12/h2-6,8,15H,7H2,1H3/t8-/m1/s1. The van der Waals surface area contributed by atoms with Crippen molar-refractivity contribution < 1.29 is 0 Å². The van der Waals surface area contributed by atoms with E-state index in [0.717, 1.165) is 15.6 Å². The Hall–Kier alpha value is -0.610. The van der Waals surface area contributed by atoms with Crippen LogP contribution in [0.15, 0.2) is 30.5 Å². The van der Waals surface area contributed by atoms with E-state index in [1.807, 2.05) is 24.3 Å². The van der Waals surface area contributed by atoms with Crippen molar-refractivity contribution in [2.45, 2.75) is 19.5 Å². The molecule has 0 aliphatic heterocycles. The van der Waals surface area contributed by atoms with E-state index in [1.54, 1.807) is 6.20 Å². The van der Waals surface area contributed by atoms with Crippen LogP contribution in [0.3, 0.4) is 0 Å². The Labute approximate surface area is 115 Å². The third-order valence-electron chi connectivity index (χ3n) is 2.46. The molecule has 2 rings (SSSR count). The molecule has 1 heterocycles. The van der Waals surface area contributed by atoms with Gasteiger partial charge in [-0.25, -0.2) is 4.98 Å². The normalized spacial score (nSPS) is 12.6. The molecule has 1 atom stereocenters. The van der Waals surface area contributed by atoms with Crippen LogP contribution in [0.25, 0.3) is 0 Å². The molecule has 0 saturated heterocycles. The van der Waals surface area contributed by atoms with E-state index in [-0.39, 0.29) is 6.04 Å². The Morgan fingerprint density at radius 1 is 1.35 bits per heavy atom. The molecule has 90 valence electrons. The van der Waals surface area contributed by atoms with E-state index >= 15 is 0 Å². The van der Waals surface area contributed by atoms with Crippen LogP contribution >= 0.6 is 34.5 Å². The Kier molecular flexibility index (Phi) is 4.40. The lowest BCUT2D eigenvalue weighted by Gasteiger charge is -2.14. The number of halogens is 2. The van der Waals surface area contributed by atoms with Crippen LogP contribution < -0.4 is 5.32 Å². The van der Waals surface area contributed by atoms with Gasteiger partial charge >= 0.3 is 0 Å². The number of benzene rings is 1. The molecular weight excluding hydrogens is 275 g/mol. The van der Waals surface area contributed by atoms with E-state index < -0.39 is 0 Å². The summed E-state index contributed by atoms with van der Waals surface area (Å²) in [6, 6.07) is 8.02. The molecule has 0 unspecified atom stereocenters. The number of hydrogen-bond donors (Lipinski definition) is 1. The molecule has 0 radical (unpaired) electrons. The first-order chi connectivity index (χ1) is 8.16. The van der Waals surface area contributed by atoms with Crippen LogP contribution in [0.4, 0.5) is 0 Å². The molecule has 1 aromatic carbocycles. The monoisotopic (exact) mass is 286 g/mol. The van der Waals surface area contributed by atoms with Gasteiger partial charge in [0.2, 0.25) is 0 Å². The van der Waals surface area contributed by atoms with Crippen molar-refractivity contribution in [3.05, 3.63) is 50.4 Å². The third-order valence-corrected chi connectivity index (χ3v) is 3.92. The second-order valence-corrected chi connectivity index (χ2v) is 5.84. The summed E-state index contributed by atoms with van der Waals surface area (Å²) >= 11 is 13.4. The minimum absolute atomic E-state index is 0.186. The van der Waals surface area contributed by atoms with Gasteiger partial charge in [0.1, 0.15) is 9.34 Å². The van der Waals surface area contributed by atoms with Crippen LogP contribution in [0.2, 0.25) is 9.36 Å². The number of nitrogens with one attached hydrogen (secondary N) is 1. The van der Waals surface area contributed by atoms with Gasteiger partial charge in [0.15, 0.2) is 0 Å². The van der Waals surface area contributed by atoms with Gasteiger partial charge in [-0.2, -0.15) is 0 Å². The molecule has 2 nitrogen and oxygen atoms in total. The lowest BCUT2D eigenvalue weighted by molar-refractivity contribution is 0.573. The van der Waals surface area contributed by atoms with Crippen molar-refractivity contribution in [2.75, 3.05) is 0 Å². The summed E-state index contributed by atoms with van der Waals surface area (Å²) in [6.07, 6.45) is 1.67. The van der Waals surface area contributed by atoms with E-state index in [4.69, 9.17) is 23.2 Å². The zero-order chi connectivity index (χ0) is 12.3. The number of nitrogens with zero attached hydrogens (tertiary/aromatic N) is 1. The molecule has 0 fully saturated rings. The lowest BCUT2D eigenvalue weighted by Crippen LogP contribution is -2.18. The van der Waals surface area contributed by atoms with Crippen LogP contribution in [0.5, 0.6) is 0 Å².